The fraction of sp³-hybridized carbons (Fsp3) is 0.672. The van der Waals surface area contributed by atoms with Crippen LogP contribution in [0.5, 0.6) is 0 Å². The number of ether oxygens (including phenoxy) is 5. The smallest absolute Gasteiger partial charge is 0.352 e. The number of nitrogens with zero attached hydrogens (tertiary/aromatic N) is 4. The molecule has 0 spiro atoms. The lowest BCUT2D eigenvalue weighted by molar-refractivity contribution is -0.265. The van der Waals surface area contributed by atoms with Gasteiger partial charge in [0.05, 0.1) is 42.2 Å². The summed E-state index contributed by atoms with van der Waals surface area (Å²) < 4.78 is 34.0. The molecule has 418 valence electrons. The molecule has 9 unspecified atom stereocenters. The summed E-state index contributed by atoms with van der Waals surface area (Å²) in [7, 11) is 4.56. The summed E-state index contributed by atoms with van der Waals surface area (Å²) in [6, 6.07) is 6.15. The zero-order valence-electron chi connectivity index (χ0n) is 46.0. The monoisotopic (exact) mass is 1060 g/mol. The van der Waals surface area contributed by atoms with Crippen LogP contribution in [0.25, 0.3) is 5.69 Å². The highest BCUT2D eigenvalue weighted by atomic mass is 16.6. The van der Waals surface area contributed by atoms with Crippen molar-refractivity contribution in [2.45, 2.75) is 192 Å². The average Bonchev–Trinajstić information content (AvgIpc) is 3.73. The highest BCUT2D eigenvalue weighted by Crippen LogP contribution is 2.39. The minimum absolute atomic E-state index is 0.0145. The molecule has 18 nitrogen and oxygen atoms in total. The summed E-state index contributed by atoms with van der Waals surface area (Å²) in [5.41, 5.74) is 0.711. The molecule has 2 N–H and O–H groups in total. The van der Waals surface area contributed by atoms with Crippen LogP contribution in [-0.2, 0) is 47.7 Å². The maximum atomic E-state index is 14.6. The van der Waals surface area contributed by atoms with Gasteiger partial charge >= 0.3 is 17.3 Å². The van der Waals surface area contributed by atoms with E-state index in [0.29, 0.717) is 62.6 Å². The van der Waals surface area contributed by atoms with Crippen molar-refractivity contribution in [2.75, 3.05) is 27.9 Å². The van der Waals surface area contributed by atoms with Gasteiger partial charge in [-0.3, -0.25) is 19.2 Å². The van der Waals surface area contributed by atoms with Gasteiger partial charge in [-0.05, 0) is 114 Å². The number of benzene rings is 1. The number of ketones is 3. The highest BCUT2D eigenvalue weighted by molar-refractivity contribution is 6.39. The van der Waals surface area contributed by atoms with Crippen LogP contribution in [0.3, 0.4) is 0 Å². The van der Waals surface area contributed by atoms with E-state index in [1.165, 1.54) is 28.5 Å². The lowest BCUT2D eigenvalue weighted by atomic mass is 9.78. The van der Waals surface area contributed by atoms with Crippen molar-refractivity contribution in [3.63, 3.8) is 0 Å². The van der Waals surface area contributed by atoms with Gasteiger partial charge in [0.15, 0.2) is 5.78 Å². The number of carbonyl (C=O) groups is 5. The Labute approximate surface area is 446 Å². The fourth-order valence-electron chi connectivity index (χ4n) is 12.4. The molecule has 18 heteroatoms. The maximum absolute atomic E-state index is 14.6. The number of carbonyl (C=O) groups excluding carboxylic acids is 5. The molecule has 2 aromatic rings. The molecule has 6 heterocycles. The van der Waals surface area contributed by atoms with Crippen LogP contribution in [0.4, 0.5) is 0 Å². The number of Topliss-reactive ketones (excluding diaryl/α,β-unsaturated/α-hetero) is 3. The summed E-state index contributed by atoms with van der Waals surface area (Å²) in [6.45, 7) is 11.1. The summed E-state index contributed by atoms with van der Waals surface area (Å²) in [6.07, 6.45) is 8.31. The van der Waals surface area contributed by atoms with Crippen molar-refractivity contribution in [1.82, 2.24) is 18.8 Å². The number of para-hydroxylation sites is 1. The number of methoxy groups -OCH3 is 3. The number of aromatic nitrogens is 3. The summed E-state index contributed by atoms with van der Waals surface area (Å²) >= 11 is 0. The maximum Gasteiger partial charge on any atom is 0.352 e. The molecular formula is C58H82N4O14. The molecule has 1 saturated carbocycles. The van der Waals surface area contributed by atoms with Crippen LogP contribution in [-0.4, -0.2) is 135 Å². The first-order valence-electron chi connectivity index (χ1n) is 27.5. The van der Waals surface area contributed by atoms with Gasteiger partial charge in [0.1, 0.15) is 24.0 Å². The number of allylic oxidation sites excluding steroid dienone is 4. The number of fused-ring (bicyclic) bond motifs is 15. The van der Waals surface area contributed by atoms with Gasteiger partial charge in [-0.1, -0.05) is 75.8 Å². The van der Waals surface area contributed by atoms with E-state index in [1.54, 1.807) is 50.4 Å². The van der Waals surface area contributed by atoms with Crippen LogP contribution in [0.1, 0.15) is 144 Å². The normalized spacial score (nSPS) is 35.9. The Bertz CT molecular complexity index is 2620. The van der Waals surface area contributed by atoms with Crippen molar-refractivity contribution in [2.24, 2.45) is 29.6 Å². The van der Waals surface area contributed by atoms with E-state index >= 15 is 0 Å². The van der Waals surface area contributed by atoms with Crippen molar-refractivity contribution in [3.05, 3.63) is 86.8 Å². The molecule has 1 aromatic carbocycles. The second-order valence-electron chi connectivity index (χ2n) is 22.6. The van der Waals surface area contributed by atoms with Gasteiger partial charge in [-0.25, -0.2) is 28.3 Å². The number of piperidine rings is 1. The third-order valence-electron chi connectivity index (χ3n) is 17.1. The standard InChI is InChI=1S/C58H82N4O14/c1-34-18-22-43(63)32-49(36(3)29-40-20-25-47(64)50(31-40)73-8)75-55(68)46-17-13-14-26-59(46)54(67)53(66)58(71)39(6)19-23-44(76-58)33-48(72-7)37(4)30-42-21-24-45(35(2)28-38(5)52(65)51(27-34)74-9)62-57(70)60(56(69)61(42)62)41-15-11-10-12-16-41/h10-12,15-16,18,21,24,30,35-36,38-40,42,44-51,64,71H,13-14,17,19-20,22-23,25-29,31-33H2,1-9H3/b34-18+,37-30+/t35-,36?,38+,39?,40?,42?,44?,45?,46-,47+,48-,49-,50?,51?,58?/m0/s1. The number of rotatable bonds is 7. The minimum Gasteiger partial charge on any atom is -0.460 e. The van der Waals surface area contributed by atoms with Gasteiger partial charge in [0, 0.05) is 65.4 Å². The first-order chi connectivity index (χ1) is 36.2. The van der Waals surface area contributed by atoms with Crippen LogP contribution in [0, 0.1) is 29.6 Å². The quantitative estimate of drug-likeness (QED) is 0.176. The number of amides is 1. The zero-order valence-corrected chi connectivity index (χ0v) is 46.0. The van der Waals surface area contributed by atoms with E-state index in [4.69, 9.17) is 23.7 Å². The molecule has 15 atom stereocenters. The molecule has 1 aromatic heterocycles. The Morgan fingerprint density at radius 1 is 0.803 bits per heavy atom. The Morgan fingerprint density at radius 2 is 1.51 bits per heavy atom. The van der Waals surface area contributed by atoms with Gasteiger partial charge in [0.25, 0.3) is 11.7 Å². The van der Waals surface area contributed by atoms with Gasteiger partial charge < -0.3 is 38.8 Å². The third kappa shape index (κ3) is 12.9. The van der Waals surface area contributed by atoms with E-state index in [0.717, 1.165) is 16.6 Å². The van der Waals surface area contributed by atoms with E-state index in [-0.39, 0.29) is 74.1 Å². The van der Waals surface area contributed by atoms with E-state index in [9.17, 15) is 43.8 Å². The average molecular weight is 1060 g/mol. The molecule has 1 aliphatic carbocycles. The van der Waals surface area contributed by atoms with E-state index < -0.39 is 95.3 Å². The van der Waals surface area contributed by atoms with Crippen LogP contribution >= 0.6 is 0 Å². The van der Waals surface area contributed by atoms with Crippen LogP contribution in [0.2, 0.25) is 0 Å². The predicted octanol–water partition coefficient (Wildman–Crippen LogP) is 6.32. The van der Waals surface area contributed by atoms with E-state index in [2.05, 4.69) is 0 Å². The Hall–Kier alpha value is -5.11. The number of hydrogen-bond donors (Lipinski definition) is 2. The molecule has 76 heavy (non-hydrogen) atoms. The minimum atomic E-state index is -2.53. The van der Waals surface area contributed by atoms with Gasteiger partial charge in [-0.15, -0.1) is 0 Å². The Morgan fingerprint density at radius 3 is 2.21 bits per heavy atom. The van der Waals surface area contributed by atoms with Crippen molar-refractivity contribution in [1.29, 1.82) is 0 Å². The second-order valence-corrected chi connectivity index (χ2v) is 22.6. The topological polar surface area (TPSA) is 224 Å². The molecule has 0 radical (unpaired) electrons. The Balaban J connectivity index is 1.24. The molecular weight excluding hydrogens is 977 g/mol. The van der Waals surface area contributed by atoms with Gasteiger partial charge in [0.2, 0.25) is 5.79 Å². The fourth-order valence-corrected chi connectivity index (χ4v) is 12.4. The number of esters is 1. The summed E-state index contributed by atoms with van der Waals surface area (Å²) in [5, 5.41) is 22.7. The first-order valence-corrected chi connectivity index (χ1v) is 27.5. The molecule has 3 fully saturated rings. The molecule has 6 aliphatic rings. The largest absolute Gasteiger partial charge is 0.460 e. The zero-order chi connectivity index (χ0) is 55.2. The predicted molar refractivity (Wildman–Crippen MR) is 282 cm³/mol. The lowest BCUT2D eigenvalue weighted by Gasteiger charge is -2.42. The molecule has 4 bridgehead atoms. The summed E-state index contributed by atoms with van der Waals surface area (Å²) in [5.74, 6) is -7.72. The van der Waals surface area contributed by atoms with Crippen LogP contribution in [0.15, 0.2) is 75.4 Å². The Kier molecular flexibility index (Phi) is 19.7. The lowest BCUT2D eigenvalue weighted by Crippen LogP contribution is -2.61. The highest BCUT2D eigenvalue weighted by Gasteiger charge is 2.53. The van der Waals surface area contributed by atoms with Crippen molar-refractivity contribution in [3.8, 4) is 5.69 Å². The second kappa shape index (κ2) is 25.6. The van der Waals surface area contributed by atoms with Crippen LogP contribution < -0.4 is 11.4 Å². The third-order valence-corrected chi connectivity index (χ3v) is 17.1. The molecule has 1 amide bonds. The molecule has 2 saturated heterocycles. The van der Waals surface area contributed by atoms with Crippen molar-refractivity contribution >= 4 is 29.2 Å². The number of hydrogen-bond acceptors (Lipinski definition) is 14. The van der Waals surface area contributed by atoms with E-state index in [1.807, 2.05) is 52.8 Å². The first kappa shape index (κ1) is 58.6. The summed E-state index contributed by atoms with van der Waals surface area (Å²) in [4.78, 5) is 102. The molecule has 5 aliphatic heterocycles. The van der Waals surface area contributed by atoms with Crippen molar-refractivity contribution < 1.29 is 57.9 Å². The number of aliphatic hydroxyl groups is 2. The SMILES string of the molecule is COC1C/C(C)=C/CC(=O)C[C@@H](C(C)CC2CC[C@@H](O)C(OC)C2)OC(=O)[C@@H]2CCCCN2C(=O)C(=O)C2(O)OC(CCC2C)C[C@H](OC)/C(C)=C/C2C=CC([C@@H](C)C[C@@H](C)C1=O)n1c(=O)n(-c3ccccc3)c(=O)n12. The molecule has 8 rings (SSSR count). The van der Waals surface area contributed by atoms with Gasteiger partial charge in [-0.2, -0.15) is 0 Å². The number of aliphatic hydroxyl groups excluding tert-OH is 1.